The Morgan fingerprint density at radius 2 is 1.72 bits per heavy atom. The molecule has 0 atom stereocenters. The molecule has 0 spiro atoms. The zero-order chi connectivity index (χ0) is 21.5. The summed E-state index contributed by atoms with van der Waals surface area (Å²) in [7, 11) is -4.18. The molecule has 1 N–H and O–H groups in total. The van der Waals surface area contributed by atoms with Gasteiger partial charge in [-0.15, -0.1) is 0 Å². The number of hydrogen-bond acceptors (Lipinski definition) is 4. The Morgan fingerprint density at radius 3 is 2.24 bits per heavy atom. The predicted molar refractivity (Wildman–Crippen MR) is 96.9 cm³/mol. The van der Waals surface area contributed by atoms with Crippen molar-refractivity contribution in [2.75, 3.05) is 6.26 Å². The van der Waals surface area contributed by atoms with Gasteiger partial charge in [-0.1, -0.05) is 12.1 Å². The number of alkyl halides is 2. The molecule has 1 aromatic heterocycles. The third-order valence-electron chi connectivity index (χ3n) is 4.22. The van der Waals surface area contributed by atoms with Crippen molar-refractivity contribution in [2.24, 2.45) is 0 Å². The fourth-order valence-corrected chi connectivity index (χ4v) is 3.69. The summed E-state index contributed by atoms with van der Waals surface area (Å²) in [5, 5.41) is 9.20. The van der Waals surface area contributed by atoms with Crippen LogP contribution < -0.4 is 0 Å². The number of nitrogens with one attached hydrogen (secondary N) is 1. The first-order valence-electron chi connectivity index (χ1n) is 8.11. The molecule has 0 saturated heterocycles. The Hall–Kier alpha value is -3.19. The van der Waals surface area contributed by atoms with Gasteiger partial charge in [0.1, 0.15) is 16.5 Å². The van der Waals surface area contributed by atoms with Gasteiger partial charge in [0.15, 0.2) is 15.7 Å². The second-order valence-electron chi connectivity index (χ2n) is 6.33. The fraction of sp³-hybridized carbons (Fsp3) is 0.158. The second-order valence-corrected chi connectivity index (χ2v) is 8.28. The lowest BCUT2D eigenvalue weighted by atomic mass is 10.0. The first-order valence-corrected chi connectivity index (χ1v) is 10.0. The van der Waals surface area contributed by atoms with Crippen LogP contribution in [0.2, 0.25) is 0 Å². The summed E-state index contributed by atoms with van der Waals surface area (Å²) in [5.41, 5.74) is 0.820. The zero-order valence-electron chi connectivity index (χ0n) is 15.1. The largest absolute Gasteiger partial charge is 0.337 e. The maximum Gasteiger partial charge on any atom is 0.295 e. The van der Waals surface area contributed by atoms with Crippen molar-refractivity contribution in [3.05, 3.63) is 58.9 Å². The van der Waals surface area contributed by atoms with Crippen LogP contribution in [0.5, 0.6) is 0 Å². The monoisotopic (exact) mass is 423 g/mol. The third-order valence-corrected chi connectivity index (χ3v) is 5.35. The minimum atomic E-state index is -4.18. The number of nitriles is 1. The van der Waals surface area contributed by atoms with E-state index in [1.54, 1.807) is 19.1 Å². The highest BCUT2D eigenvalue weighted by Gasteiger charge is 2.25. The lowest BCUT2D eigenvalue weighted by molar-refractivity contribution is 0.141. The summed E-state index contributed by atoms with van der Waals surface area (Å²) in [6.45, 7) is 1.69. The topological polar surface area (TPSA) is 86.6 Å². The highest BCUT2D eigenvalue weighted by atomic mass is 32.2. The van der Waals surface area contributed by atoms with Crippen LogP contribution in [0, 0.1) is 29.9 Å². The maximum atomic E-state index is 14.3. The van der Waals surface area contributed by atoms with Crippen LogP contribution in [-0.2, 0) is 9.84 Å². The van der Waals surface area contributed by atoms with Crippen molar-refractivity contribution in [3.63, 3.8) is 0 Å². The van der Waals surface area contributed by atoms with Gasteiger partial charge in [-0.3, -0.25) is 0 Å². The van der Waals surface area contributed by atoms with E-state index in [9.17, 15) is 31.2 Å². The Morgan fingerprint density at radius 1 is 1.10 bits per heavy atom. The summed E-state index contributed by atoms with van der Waals surface area (Å²) in [5.74, 6) is -3.46. The minimum absolute atomic E-state index is 0.0164. The number of nitrogens with zero attached hydrogens (tertiary/aromatic N) is 2. The van der Waals surface area contributed by atoms with E-state index in [2.05, 4.69) is 9.97 Å². The summed E-state index contributed by atoms with van der Waals surface area (Å²) in [6.07, 6.45) is -2.34. The Balaban J connectivity index is 2.27. The average molecular weight is 423 g/mol. The van der Waals surface area contributed by atoms with Gasteiger partial charge in [0.05, 0.1) is 23.0 Å². The molecule has 1 heterocycles. The molecule has 0 radical (unpaired) electrons. The Kier molecular flexibility index (Phi) is 5.19. The van der Waals surface area contributed by atoms with Crippen molar-refractivity contribution >= 4 is 9.84 Å². The zero-order valence-corrected chi connectivity index (χ0v) is 15.9. The molecule has 0 amide bonds. The van der Waals surface area contributed by atoms with Crippen LogP contribution >= 0.6 is 0 Å². The molecule has 3 aromatic rings. The van der Waals surface area contributed by atoms with Crippen LogP contribution in [-0.4, -0.2) is 24.6 Å². The van der Waals surface area contributed by atoms with Crippen LogP contribution in [0.4, 0.5) is 17.6 Å². The normalized spacial score (nSPS) is 11.7. The molecule has 0 saturated carbocycles. The molecule has 29 heavy (non-hydrogen) atoms. The number of benzene rings is 2. The summed E-state index contributed by atoms with van der Waals surface area (Å²) < 4.78 is 78.2. The lowest BCUT2D eigenvalue weighted by Gasteiger charge is -2.08. The summed E-state index contributed by atoms with van der Waals surface area (Å²) in [6, 6.07) is 7.96. The predicted octanol–water partition coefficient (Wildman–Crippen LogP) is 4.54. The van der Waals surface area contributed by atoms with E-state index >= 15 is 0 Å². The molecule has 0 aliphatic rings. The molecule has 150 valence electrons. The van der Waals surface area contributed by atoms with Gasteiger partial charge in [-0.05, 0) is 30.7 Å². The molecule has 0 fully saturated rings. The standard InChI is InChI=1S/C19H13F4N3O2S/c1-9-3-4-10(5-12(9)8-24)15-16(26-19(25-15)18(22)23)11-6-13(20)17(14(21)7-11)29(2,27)28/h3-7,18H,1-2H3,(H,25,26). The molecule has 0 aliphatic carbocycles. The van der Waals surface area contributed by atoms with Gasteiger partial charge in [0, 0.05) is 17.4 Å². The van der Waals surface area contributed by atoms with Crippen molar-refractivity contribution in [1.82, 2.24) is 9.97 Å². The van der Waals surface area contributed by atoms with Crippen molar-refractivity contribution in [3.8, 4) is 28.6 Å². The van der Waals surface area contributed by atoms with Crippen LogP contribution in [0.3, 0.4) is 0 Å². The number of rotatable bonds is 4. The smallest absolute Gasteiger partial charge is 0.295 e. The van der Waals surface area contributed by atoms with Gasteiger partial charge in [0.2, 0.25) is 0 Å². The second kappa shape index (κ2) is 7.33. The number of aromatic amines is 1. The van der Waals surface area contributed by atoms with E-state index in [1.807, 2.05) is 6.07 Å². The SMILES string of the molecule is Cc1ccc(-c2[nH]c(C(F)F)nc2-c2cc(F)c(S(C)(=O)=O)c(F)c2)cc1C#N. The van der Waals surface area contributed by atoms with Gasteiger partial charge in [0.25, 0.3) is 6.43 Å². The number of aryl methyl sites for hydroxylation is 1. The third kappa shape index (κ3) is 3.86. The number of imidazole rings is 1. The van der Waals surface area contributed by atoms with E-state index in [1.165, 1.54) is 6.07 Å². The Bertz CT molecular complexity index is 1240. The van der Waals surface area contributed by atoms with Crippen molar-refractivity contribution in [2.45, 2.75) is 18.2 Å². The van der Waals surface area contributed by atoms with E-state index in [0.717, 1.165) is 0 Å². The molecule has 10 heteroatoms. The van der Waals surface area contributed by atoms with E-state index in [4.69, 9.17) is 0 Å². The molecule has 0 unspecified atom stereocenters. The highest BCUT2D eigenvalue weighted by molar-refractivity contribution is 7.90. The number of aromatic nitrogens is 2. The van der Waals surface area contributed by atoms with E-state index in [-0.39, 0.29) is 22.5 Å². The van der Waals surface area contributed by atoms with Gasteiger partial charge in [-0.25, -0.2) is 31.0 Å². The minimum Gasteiger partial charge on any atom is -0.337 e. The van der Waals surface area contributed by atoms with Gasteiger partial charge < -0.3 is 4.98 Å². The molecular formula is C19H13F4N3O2S. The summed E-state index contributed by atoms with van der Waals surface area (Å²) in [4.78, 5) is 5.04. The molecule has 2 aromatic carbocycles. The fourth-order valence-electron chi connectivity index (χ4n) is 2.86. The number of halogens is 4. The first kappa shape index (κ1) is 20.5. The van der Waals surface area contributed by atoms with E-state index < -0.39 is 38.6 Å². The quantitative estimate of drug-likeness (QED) is 0.624. The highest BCUT2D eigenvalue weighted by Crippen LogP contribution is 2.35. The number of H-pyrrole nitrogens is 1. The molecule has 5 nitrogen and oxygen atoms in total. The number of hydrogen-bond donors (Lipinski definition) is 1. The van der Waals surface area contributed by atoms with Crippen molar-refractivity contribution in [1.29, 1.82) is 5.26 Å². The first-order chi connectivity index (χ1) is 13.5. The van der Waals surface area contributed by atoms with Crippen LogP contribution in [0.25, 0.3) is 22.5 Å². The molecule has 3 rings (SSSR count). The number of sulfone groups is 1. The van der Waals surface area contributed by atoms with Crippen LogP contribution in [0.15, 0.2) is 35.2 Å². The molecule has 0 bridgehead atoms. The average Bonchev–Trinajstić information content (AvgIpc) is 3.06. The van der Waals surface area contributed by atoms with E-state index in [0.29, 0.717) is 29.5 Å². The Labute approximate surface area is 163 Å². The lowest BCUT2D eigenvalue weighted by Crippen LogP contribution is -2.05. The van der Waals surface area contributed by atoms with Gasteiger partial charge >= 0.3 is 0 Å². The van der Waals surface area contributed by atoms with Gasteiger partial charge in [-0.2, -0.15) is 5.26 Å². The van der Waals surface area contributed by atoms with Crippen LogP contribution in [0.1, 0.15) is 23.4 Å². The summed E-state index contributed by atoms with van der Waals surface area (Å²) >= 11 is 0. The maximum absolute atomic E-state index is 14.3. The molecular weight excluding hydrogens is 410 g/mol. The molecule has 0 aliphatic heterocycles. The van der Waals surface area contributed by atoms with Crippen molar-refractivity contribution < 1.29 is 26.0 Å².